The second-order valence-electron chi connectivity index (χ2n) is 3.86. The number of para-hydroxylation sites is 1. The molecule has 3 rings (SSSR count). The van der Waals surface area contributed by atoms with E-state index in [4.69, 9.17) is 5.73 Å². The molecule has 0 atom stereocenters. The van der Waals surface area contributed by atoms with Gasteiger partial charge in [0.15, 0.2) is 0 Å². The van der Waals surface area contributed by atoms with Gasteiger partial charge in [-0.2, -0.15) is 0 Å². The molecule has 0 aliphatic heterocycles. The number of benzene rings is 2. The zero-order valence-electron chi connectivity index (χ0n) is 8.77. The highest BCUT2D eigenvalue weighted by molar-refractivity contribution is 5.93. The summed E-state index contributed by atoms with van der Waals surface area (Å²) < 4.78 is 0. The summed E-state index contributed by atoms with van der Waals surface area (Å²) in [6, 6.07) is 18.3. The molecule has 0 radical (unpaired) electrons. The Morgan fingerprint density at radius 1 is 0.875 bits per heavy atom. The Kier molecular flexibility index (Phi) is 1.93. The lowest BCUT2D eigenvalue weighted by Gasteiger charge is -1.96. The van der Waals surface area contributed by atoms with Crippen LogP contribution in [0.5, 0.6) is 0 Å². The van der Waals surface area contributed by atoms with E-state index < -0.39 is 0 Å². The molecule has 0 bridgehead atoms. The van der Waals surface area contributed by atoms with Crippen molar-refractivity contribution in [2.45, 2.75) is 0 Å². The van der Waals surface area contributed by atoms with Gasteiger partial charge >= 0.3 is 0 Å². The molecule has 0 saturated carbocycles. The number of H-pyrrole nitrogens is 1. The van der Waals surface area contributed by atoms with Gasteiger partial charge in [-0.15, -0.1) is 0 Å². The lowest BCUT2D eigenvalue weighted by atomic mass is 10.1. The number of hydrogen-bond acceptors (Lipinski definition) is 1. The lowest BCUT2D eigenvalue weighted by Crippen LogP contribution is -1.85. The predicted molar refractivity (Wildman–Crippen MR) is 68.1 cm³/mol. The molecule has 1 heterocycles. The van der Waals surface area contributed by atoms with E-state index >= 15 is 0 Å². The molecular weight excluding hydrogens is 196 g/mol. The van der Waals surface area contributed by atoms with Gasteiger partial charge in [0.25, 0.3) is 0 Å². The monoisotopic (exact) mass is 208 g/mol. The summed E-state index contributed by atoms with van der Waals surface area (Å²) in [4.78, 5) is 3.36. The second-order valence-corrected chi connectivity index (χ2v) is 3.86. The summed E-state index contributed by atoms with van der Waals surface area (Å²) in [7, 11) is 0. The number of nitrogens with two attached hydrogens (primary N) is 1. The van der Waals surface area contributed by atoms with Crippen molar-refractivity contribution >= 4 is 16.6 Å². The molecule has 0 saturated heterocycles. The van der Waals surface area contributed by atoms with Crippen LogP contribution in [0.2, 0.25) is 0 Å². The smallest absolute Gasteiger partial charge is 0.0692 e. The van der Waals surface area contributed by atoms with Crippen molar-refractivity contribution in [2.24, 2.45) is 0 Å². The van der Waals surface area contributed by atoms with Gasteiger partial charge in [-0.3, -0.25) is 0 Å². The number of nitrogens with one attached hydrogen (secondary N) is 1. The average molecular weight is 208 g/mol. The van der Waals surface area contributed by atoms with Crippen LogP contribution in [0.4, 0.5) is 5.69 Å². The van der Waals surface area contributed by atoms with Crippen molar-refractivity contribution in [3.63, 3.8) is 0 Å². The molecule has 3 aromatic rings. The van der Waals surface area contributed by atoms with Gasteiger partial charge in [0.2, 0.25) is 0 Å². The Morgan fingerprint density at radius 2 is 1.69 bits per heavy atom. The minimum atomic E-state index is 0.791. The first-order chi connectivity index (χ1) is 7.84. The van der Waals surface area contributed by atoms with Crippen LogP contribution in [0.3, 0.4) is 0 Å². The third-order valence-electron chi connectivity index (χ3n) is 2.77. The van der Waals surface area contributed by atoms with Crippen LogP contribution < -0.4 is 5.73 Å². The fourth-order valence-corrected chi connectivity index (χ4v) is 1.95. The fourth-order valence-electron chi connectivity index (χ4n) is 1.95. The molecule has 0 fully saturated rings. The van der Waals surface area contributed by atoms with E-state index in [2.05, 4.69) is 29.2 Å². The molecule has 0 aliphatic carbocycles. The highest BCUT2D eigenvalue weighted by Crippen LogP contribution is 2.26. The van der Waals surface area contributed by atoms with Gasteiger partial charge in [-0.1, -0.05) is 42.5 Å². The molecule has 78 valence electrons. The molecule has 3 N–H and O–H groups in total. The van der Waals surface area contributed by atoms with Gasteiger partial charge < -0.3 is 10.7 Å². The zero-order chi connectivity index (χ0) is 11.0. The number of anilines is 1. The highest BCUT2D eigenvalue weighted by Gasteiger charge is 2.04. The van der Waals surface area contributed by atoms with E-state index in [1.54, 1.807) is 0 Å². The van der Waals surface area contributed by atoms with Crippen LogP contribution in [-0.2, 0) is 0 Å². The van der Waals surface area contributed by atoms with E-state index in [-0.39, 0.29) is 0 Å². The Bertz CT molecular complexity index is 624. The van der Waals surface area contributed by atoms with E-state index in [0.29, 0.717) is 0 Å². The van der Waals surface area contributed by atoms with Crippen molar-refractivity contribution in [3.8, 4) is 11.3 Å². The third kappa shape index (κ3) is 1.36. The molecule has 0 unspecified atom stereocenters. The van der Waals surface area contributed by atoms with Crippen molar-refractivity contribution in [2.75, 3.05) is 5.73 Å². The van der Waals surface area contributed by atoms with E-state index in [1.807, 2.05) is 30.3 Å². The molecule has 2 heteroatoms. The largest absolute Gasteiger partial charge is 0.397 e. The molecule has 1 aromatic heterocycles. The van der Waals surface area contributed by atoms with Gasteiger partial charge in [-0.05, 0) is 17.7 Å². The molecule has 2 aromatic carbocycles. The van der Waals surface area contributed by atoms with Crippen LogP contribution in [0, 0.1) is 0 Å². The van der Waals surface area contributed by atoms with Crippen molar-refractivity contribution in [3.05, 3.63) is 54.6 Å². The summed E-state index contributed by atoms with van der Waals surface area (Å²) in [5.41, 5.74) is 10.0. The SMILES string of the molecule is Nc1cccc2cc(-c3ccccc3)[nH]c12. The number of aromatic nitrogens is 1. The maximum absolute atomic E-state index is 5.92. The van der Waals surface area contributed by atoms with Crippen LogP contribution in [0.1, 0.15) is 0 Å². The minimum Gasteiger partial charge on any atom is -0.397 e. The van der Waals surface area contributed by atoms with Crippen molar-refractivity contribution in [1.82, 2.24) is 4.98 Å². The Morgan fingerprint density at radius 3 is 2.44 bits per heavy atom. The molecule has 0 aliphatic rings. The highest BCUT2D eigenvalue weighted by atomic mass is 14.7. The van der Waals surface area contributed by atoms with Gasteiger partial charge in [0, 0.05) is 11.1 Å². The van der Waals surface area contributed by atoms with Crippen molar-refractivity contribution in [1.29, 1.82) is 0 Å². The maximum atomic E-state index is 5.92. The first-order valence-corrected chi connectivity index (χ1v) is 5.27. The predicted octanol–water partition coefficient (Wildman–Crippen LogP) is 3.42. The molecule has 0 amide bonds. The normalized spacial score (nSPS) is 10.8. The second kappa shape index (κ2) is 3.42. The fraction of sp³-hybridized carbons (Fsp3) is 0. The molecular formula is C14H12N2. The van der Waals surface area contributed by atoms with Crippen LogP contribution >= 0.6 is 0 Å². The summed E-state index contributed by atoms with van der Waals surface area (Å²) in [5.74, 6) is 0. The zero-order valence-corrected chi connectivity index (χ0v) is 8.77. The molecule has 16 heavy (non-hydrogen) atoms. The van der Waals surface area contributed by atoms with E-state index in [0.717, 1.165) is 22.3 Å². The molecule has 2 nitrogen and oxygen atoms in total. The van der Waals surface area contributed by atoms with Gasteiger partial charge in [0.05, 0.1) is 11.2 Å². The topological polar surface area (TPSA) is 41.8 Å². The van der Waals surface area contributed by atoms with Crippen molar-refractivity contribution < 1.29 is 0 Å². The third-order valence-corrected chi connectivity index (χ3v) is 2.77. The quantitative estimate of drug-likeness (QED) is 0.591. The standard InChI is InChI=1S/C14H12N2/c15-12-8-4-7-11-9-13(16-14(11)12)10-5-2-1-3-6-10/h1-9,16H,15H2. The number of aromatic amines is 1. The number of hydrogen-bond donors (Lipinski definition) is 2. The first-order valence-electron chi connectivity index (χ1n) is 5.27. The van der Waals surface area contributed by atoms with Crippen LogP contribution in [-0.4, -0.2) is 4.98 Å². The first kappa shape index (κ1) is 9.04. The summed E-state index contributed by atoms with van der Waals surface area (Å²) in [6.07, 6.45) is 0. The summed E-state index contributed by atoms with van der Waals surface area (Å²) in [6.45, 7) is 0. The lowest BCUT2D eigenvalue weighted by molar-refractivity contribution is 1.45. The number of rotatable bonds is 1. The van der Waals surface area contributed by atoms with E-state index in [1.165, 1.54) is 5.56 Å². The van der Waals surface area contributed by atoms with Crippen LogP contribution in [0.25, 0.3) is 22.2 Å². The Hall–Kier alpha value is -2.22. The molecule has 0 spiro atoms. The Labute approximate surface area is 93.7 Å². The number of nitrogen functional groups attached to an aromatic ring is 1. The maximum Gasteiger partial charge on any atom is 0.0692 e. The van der Waals surface area contributed by atoms with Gasteiger partial charge in [-0.25, -0.2) is 0 Å². The van der Waals surface area contributed by atoms with E-state index in [9.17, 15) is 0 Å². The summed E-state index contributed by atoms with van der Waals surface area (Å²) in [5, 5.41) is 1.15. The minimum absolute atomic E-state index is 0.791. The van der Waals surface area contributed by atoms with Gasteiger partial charge in [0.1, 0.15) is 0 Å². The van der Waals surface area contributed by atoms with Crippen LogP contribution in [0.15, 0.2) is 54.6 Å². The Balaban J connectivity index is 2.23. The average Bonchev–Trinajstić information content (AvgIpc) is 2.76. The number of fused-ring (bicyclic) bond motifs is 1. The summed E-state index contributed by atoms with van der Waals surface area (Å²) >= 11 is 0.